The van der Waals surface area contributed by atoms with E-state index in [1.54, 1.807) is 0 Å². The number of aromatic nitrogens is 2. The number of alkyl halides is 3. The Bertz CT molecular complexity index is 1480. The zero-order valence-electron chi connectivity index (χ0n) is 20.4. The van der Waals surface area contributed by atoms with E-state index in [-0.39, 0.29) is 39.7 Å². The van der Waals surface area contributed by atoms with Crippen molar-refractivity contribution < 1.29 is 40.2 Å². The first-order valence-electron chi connectivity index (χ1n) is 11.6. The van der Waals surface area contributed by atoms with Crippen LogP contribution in [0.25, 0.3) is 0 Å². The average molecular weight is 649 g/mol. The van der Waals surface area contributed by atoms with E-state index < -0.39 is 33.6 Å². The molecular weight excluding hydrogens is 628 g/mol. The molecule has 0 atom stereocenters. The third kappa shape index (κ3) is 7.98. The predicted molar refractivity (Wildman–Crippen MR) is 138 cm³/mol. The van der Waals surface area contributed by atoms with Crippen molar-refractivity contribution in [3.05, 3.63) is 69.6 Å². The zero-order valence-corrected chi connectivity index (χ0v) is 22.8. The van der Waals surface area contributed by atoms with Crippen molar-refractivity contribution in [1.82, 2.24) is 15.2 Å². The molecule has 17 heteroatoms. The minimum atomic E-state index is -5.30. The lowest BCUT2D eigenvalue weighted by atomic mass is 10.1. The normalized spacial score (nSPS) is 16.0. The van der Waals surface area contributed by atoms with Gasteiger partial charge in [-0.05, 0) is 55.6 Å². The van der Waals surface area contributed by atoms with Gasteiger partial charge in [-0.2, -0.15) is 13.2 Å². The molecule has 0 amide bonds. The first-order valence-corrected chi connectivity index (χ1v) is 14.2. The maximum absolute atomic E-state index is 13.6. The molecule has 0 saturated carbocycles. The molecule has 0 spiro atoms. The monoisotopic (exact) mass is 648 g/mol. The Hall–Kier alpha value is -3.57. The average Bonchev–Trinajstić information content (AvgIpc) is 3.37. The highest BCUT2D eigenvalue weighted by Crippen LogP contribution is 2.23. The number of nitrogens with zero attached hydrogens (tertiary/aromatic N) is 4. The number of amidine groups is 1. The molecule has 2 heterocycles. The minimum absolute atomic E-state index is 0.0333. The number of hydrogen-bond acceptors (Lipinski definition) is 10. The second kappa shape index (κ2) is 12.3. The van der Waals surface area contributed by atoms with Crippen molar-refractivity contribution in [1.29, 1.82) is 0 Å². The summed E-state index contributed by atoms with van der Waals surface area (Å²) in [5.74, 6) is -3.39. The van der Waals surface area contributed by atoms with Crippen LogP contribution in [0.3, 0.4) is 0 Å². The number of halogens is 5. The molecule has 214 valence electrons. The largest absolute Gasteiger partial charge is 0.493 e. The summed E-state index contributed by atoms with van der Waals surface area (Å²) in [7, 11) is -2.96. The predicted octanol–water partition coefficient (Wildman–Crippen LogP) is 3.69. The van der Waals surface area contributed by atoms with Crippen molar-refractivity contribution in [3.63, 3.8) is 0 Å². The molecule has 1 aromatic heterocycles. The number of benzene rings is 2. The Morgan fingerprint density at radius 3 is 2.42 bits per heavy atom. The van der Waals surface area contributed by atoms with Crippen LogP contribution < -0.4 is 10.6 Å². The number of carbonyl (C=O) groups excluding carboxylic acids is 1. The van der Waals surface area contributed by atoms with Crippen LogP contribution in [0.5, 0.6) is 0 Å². The van der Waals surface area contributed by atoms with Gasteiger partial charge in [0, 0.05) is 31.9 Å². The molecule has 3 aromatic rings. The SMILES string of the molecule is O=C(ON=C(Nc1ccc(F)c(Br)c1)c1nonc1NCc1ccc(CN2CCS(=O)(=O)CC2)cc1)C(F)(F)F. The van der Waals surface area contributed by atoms with E-state index in [9.17, 15) is 30.8 Å². The van der Waals surface area contributed by atoms with E-state index >= 15 is 0 Å². The number of oxime groups is 1. The topological polar surface area (TPSA) is 139 Å². The van der Waals surface area contributed by atoms with Crippen LogP contribution in [0.4, 0.5) is 29.1 Å². The van der Waals surface area contributed by atoms with Crippen molar-refractivity contribution in [2.24, 2.45) is 5.16 Å². The maximum Gasteiger partial charge on any atom is 0.493 e. The quantitative estimate of drug-likeness (QED) is 0.122. The van der Waals surface area contributed by atoms with Gasteiger partial charge in [0.2, 0.25) is 11.7 Å². The van der Waals surface area contributed by atoms with Gasteiger partial charge in [0.25, 0.3) is 0 Å². The van der Waals surface area contributed by atoms with Gasteiger partial charge in [0.05, 0.1) is 16.0 Å². The fourth-order valence-electron chi connectivity index (χ4n) is 3.55. The van der Waals surface area contributed by atoms with E-state index in [1.165, 1.54) is 12.1 Å². The molecule has 11 nitrogen and oxygen atoms in total. The van der Waals surface area contributed by atoms with Crippen molar-refractivity contribution >= 4 is 49.1 Å². The van der Waals surface area contributed by atoms with Gasteiger partial charge in [-0.1, -0.05) is 29.4 Å². The summed E-state index contributed by atoms with van der Waals surface area (Å²) >= 11 is 3.00. The summed E-state index contributed by atoms with van der Waals surface area (Å²) in [5, 5.41) is 16.1. The smallest absolute Gasteiger partial charge is 0.361 e. The highest BCUT2D eigenvalue weighted by Gasteiger charge is 2.42. The van der Waals surface area contributed by atoms with Gasteiger partial charge in [0.1, 0.15) is 5.82 Å². The molecule has 0 bridgehead atoms. The standard InChI is InChI=1S/C23H21BrF4N6O5S/c24-17-11-16(5-6-18(17)25)30-21(32-38-22(35)23(26,27)28)19-20(33-39-31-19)29-12-14-1-3-15(4-2-14)13-34-7-9-40(36,37)10-8-34/h1-6,11H,7-10,12-13H2,(H,29,33)(H,30,32). The highest BCUT2D eigenvalue weighted by molar-refractivity contribution is 9.10. The molecule has 1 aliphatic rings. The second-order valence-electron chi connectivity index (χ2n) is 8.63. The van der Waals surface area contributed by atoms with Crippen LogP contribution in [0, 0.1) is 5.82 Å². The number of nitrogens with one attached hydrogen (secondary N) is 2. The summed E-state index contributed by atoms with van der Waals surface area (Å²) in [6.07, 6.45) is -5.30. The number of carbonyl (C=O) groups is 1. The Kier molecular flexibility index (Phi) is 9.05. The fourth-order valence-corrected chi connectivity index (χ4v) is 5.21. The van der Waals surface area contributed by atoms with Crippen molar-refractivity contribution in [2.45, 2.75) is 19.3 Å². The maximum atomic E-state index is 13.6. The fraction of sp³-hybridized carbons (Fsp3) is 0.304. The molecule has 2 N–H and O–H groups in total. The van der Waals surface area contributed by atoms with Crippen LogP contribution in [0.1, 0.15) is 16.8 Å². The third-order valence-corrected chi connectivity index (χ3v) is 7.89. The van der Waals surface area contributed by atoms with E-state index in [4.69, 9.17) is 4.63 Å². The van der Waals surface area contributed by atoms with Gasteiger partial charge in [-0.3, -0.25) is 4.90 Å². The van der Waals surface area contributed by atoms with Crippen molar-refractivity contribution in [2.75, 3.05) is 35.2 Å². The summed E-state index contributed by atoms with van der Waals surface area (Å²) in [6.45, 7) is 1.74. The molecule has 2 aromatic carbocycles. The number of sulfone groups is 1. The first-order chi connectivity index (χ1) is 18.9. The minimum Gasteiger partial charge on any atom is -0.361 e. The Labute approximate surface area is 233 Å². The molecule has 1 fully saturated rings. The number of hydrogen-bond donors (Lipinski definition) is 2. The Morgan fingerprint density at radius 2 is 1.77 bits per heavy atom. The van der Waals surface area contributed by atoms with Gasteiger partial charge in [-0.15, -0.1) is 0 Å². The van der Waals surface area contributed by atoms with Gasteiger partial charge >= 0.3 is 12.1 Å². The van der Waals surface area contributed by atoms with Gasteiger partial charge < -0.3 is 15.5 Å². The lowest BCUT2D eigenvalue weighted by Gasteiger charge is -2.26. The van der Waals surface area contributed by atoms with Crippen LogP contribution in [0.15, 0.2) is 56.7 Å². The second-order valence-corrected chi connectivity index (χ2v) is 11.8. The lowest BCUT2D eigenvalue weighted by Crippen LogP contribution is -2.39. The summed E-state index contributed by atoms with van der Waals surface area (Å²) < 4.78 is 79.6. The first kappa shape index (κ1) is 29.4. The molecule has 40 heavy (non-hydrogen) atoms. The molecule has 4 rings (SSSR count). The zero-order chi connectivity index (χ0) is 28.9. The Balaban J connectivity index is 1.45. The molecule has 1 aliphatic heterocycles. The number of rotatable bonds is 8. The van der Waals surface area contributed by atoms with E-state index in [0.29, 0.717) is 19.6 Å². The summed E-state index contributed by atoms with van der Waals surface area (Å²) in [4.78, 5) is 17.3. The molecule has 0 radical (unpaired) electrons. The van der Waals surface area contributed by atoms with Crippen LogP contribution >= 0.6 is 15.9 Å². The molecule has 1 saturated heterocycles. The highest BCUT2D eigenvalue weighted by atomic mass is 79.9. The molecule has 0 unspecified atom stereocenters. The number of anilines is 2. The van der Waals surface area contributed by atoms with Crippen LogP contribution in [-0.2, 0) is 32.6 Å². The summed E-state index contributed by atoms with van der Waals surface area (Å²) in [6, 6.07) is 11.1. The van der Waals surface area contributed by atoms with Crippen LogP contribution in [0.2, 0.25) is 0 Å². The lowest BCUT2D eigenvalue weighted by molar-refractivity contribution is -0.199. The molecule has 0 aliphatic carbocycles. The summed E-state index contributed by atoms with van der Waals surface area (Å²) in [5.41, 5.74) is 1.75. The van der Waals surface area contributed by atoms with E-state index in [1.807, 2.05) is 24.3 Å². The molecular formula is C23H21BrF4N6O5S. The van der Waals surface area contributed by atoms with Crippen LogP contribution in [-0.4, -0.2) is 66.2 Å². The van der Waals surface area contributed by atoms with Crippen molar-refractivity contribution in [3.8, 4) is 0 Å². The third-order valence-electron chi connectivity index (χ3n) is 5.67. The van der Waals surface area contributed by atoms with Gasteiger partial charge in [0.15, 0.2) is 15.5 Å². The van der Waals surface area contributed by atoms with E-state index in [0.717, 1.165) is 17.2 Å². The van der Waals surface area contributed by atoms with Gasteiger partial charge in [-0.25, -0.2) is 22.2 Å². The Morgan fingerprint density at radius 1 is 1.10 bits per heavy atom. The van der Waals surface area contributed by atoms with E-state index in [2.05, 4.69) is 51.8 Å².